The van der Waals surface area contributed by atoms with Gasteiger partial charge < -0.3 is 20.7 Å². The van der Waals surface area contributed by atoms with Crippen LogP contribution in [0.2, 0.25) is 0 Å². The van der Waals surface area contributed by atoms with E-state index in [2.05, 4.69) is 27.1 Å². The van der Waals surface area contributed by atoms with Crippen LogP contribution in [0.5, 0.6) is 0 Å². The van der Waals surface area contributed by atoms with Crippen LogP contribution in [0.25, 0.3) is 10.9 Å². The molecule has 2 aromatic rings. The van der Waals surface area contributed by atoms with Crippen molar-refractivity contribution >= 4 is 28.5 Å². The van der Waals surface area contributed by atoms with Crippen LogP contribution in [0.3, 0.4) is 0 Å². The lowest BCUT2D eigenvalue weighted by Gasteiger charge is -2.36. The molecule has 8 heteroatoms. The smallest absolute Gasteiger partial charge is 0.410 e. The number of para-hydroxylation sites is 1. The predicted molar refractivity (Wildman–Crippen MR) is 111 cm³/mol. The Kier molecular flexibility index (Phi) is 5.88. The van der Waals surface area contributed by atoms with Gasteiger partial charge in [-0.3, -0.25) is 4.90 Å². The highest BCUT2D eigenvalue weighted by molar-refractivity contribution is 5.96. The standard InChI is InChI=1S/C20H30N6O2/c1-14(24-18-15-6-5-7-16(21)17(15)22-13-23-18)12-25-8-10-26(11-9-25)19(27)28-20(2,3)4/h5-7,13-14H,8-12,21H2,1-4H3,(H,22,23,24)/t14-/m0/s1. The number of nitrogens with two attached hydrogens (primary N) is 1. The Hall–Kier alpha value is -2.61. The molecule has 1 amide bonds. The summed E-state index contributed by atoms with van der Waals surface area (Å²) in [4.78, 5) is 25.0. The first kappa shape index (κ1) is 20.1. The van der Waals surface area contributed by atoms with Gasteiger partial charge in [-0.05, 0) is 39.8 Å². The molecule has 1 aliphatic rings. The molecular formula is C20H30N6O2. The summed E-state index contributed by atoms with van der Waals surface area (Å²) in [6.45, 7) is 11.6. The van der Waals surface area contributed by atoms with E-state index in [-0.39, 0.29) is 12.1 Å². The number of rotatable bonds is 4. The summed E-state index contributed by atoms with van der Waals surface area (Å²) in [6, 6.07) is 5.91. The Morgan fingerprint density at radius 1 is 1.25 bits per heavy atom. The van der Waals surface area contributed by atoms with Crippen molar-refractivity contribution < 1.29 is 9.53 Å². The van der Waals surface area contributed by atoms with E-state index in [1.165, 1.54) is 6.33 Å². The summed E-state index contributed by atoms with van der Waals surface area (Å²) in [5.41, 5.74) is 6.96. The third kappa shape index (κ3) is 5.01. The molecule has 0 unspecified atom stereocenters. The van der Waals surface area contributed by atoms with E-state index in [0.717, 1.165) is 36.4 Å². The van der Waals surface area contributed by atoms with Crippen molar-refractivity contribution in [2.24, 2.45) is 0 Å². The van der Waals surface area contributed by atoms with Gasteiger partial charge in [0.2, 0.25) is 0 Å². The van der Waals surface area contributed by atoms with Crippen LogP contribution in [-0.2, 0) is 4.74 Å². The molecule has 0 aliphatic carbocycles. The number of carbonyl (C=O) groups is 1. The fourth-order valence-corrected chi connectivity index (χ4v) is 3.33. The lowest BCUT2D eigenvalue weighted by molar-refractivity contribution is 0.0144. The van der Waals surface area contributed by atoms with Gasteiger partial charge in [0.05, 0.1) is 11.2 Å². The third-order valence-electron chi connectivity index (χ3n) is 4.64. The molecule has 28 heavy (non-hydrogen) atoms. The second-order valence-electron chi connectivity index (χ2n) is 8.28. The minimum absolute atomic E-state index is 0.188. The molecule has 1 atom stereocenters. The monoisotopic (exact) mass is 386 g/mol. The molecule has 1 aromatic carbocycles. The minimum Gasteiger partial charge on any atom is -0.444 e. The Bertz CT molecular complexity index is 827. The van der Waals surface area contributed by atoms with Gasteiger partial charge in [0.25, 0.3) is 0 Å². The van der Waals surface area contributed by atoms with Crippen LogP contribution < -0.4 is 11.1 Å². The lowest BCUT2D eigenvalue weighted by Crippen LogP contribution is -2.51. The number of amides is 1. The summed E-state index contributed by atoms with van der Waals surface area (Å²) >= 11 is 0. The first-order valence-electron chi connectivity index (χ1n) is 9.69. The first-order valence-corrected chi connectivity index (χ1v) is 9.69. The van der Waals surface area contributed by atoms with Crippen molar-refractivity contribution in [1.29, 1.82) is 0 Å². The average molecular weight is 387 g/mol. The van der Waals surface area contributed by atoms with E-state index < -0.39 is 5.60 Å². The summed E-state index contributed by atoms with van der Waals surface area (Å²) in [5.74, 6) is 0.789. The molecule has 0 saturated carbocycles. The topological polar surface area (TPSA) is 96.6 Å². The lowest BCUT2D eigenvalue weighted by atomic mass is 10.2. The highest BCUT2D eigenvalue weighted by atomic mass is 16.6. The summed E-state index contributed by atoms with van der Waals surface area (Å²) < 4.78 is 5.45. The van der Waals surface area contributed by atoms with E-state index in [1.54, 1.807) is 4.90 Å². The zero-order chi connectivity index (χ0) is 20.3. The molecule has 3 rings (SSSR count). The van der Waals surface area contributed by atoms with Gasteiger partial charge >= 0.3 is 6.09 Å². The Morgan fingerprint density at radius 3 is 2.64 bits per heavy atom. The normalized spacial score (nSPS) is 16.8. The maximum absolute atomic E-state index is 12.2. The van der Waals surface area contributed by atoms with Crippen molar-refractivity contribution in [2.75, 3.05) is 43.8 Å². The fraction of sp³-hybridized carbons (Fsp3) is 0.550. The molecule has 0 spiro atoms. The zero-order valence-electron chi connectivity index (χ0n) is 17.1. The molecule has 1 saturated heterocycles. The van der Waals surface area contributed by atoms with Gasteiger partial charge in [-0.25, -0.2) is 14.8 Å². The fourth-order valence-electron chi connectivity index (χ4n) is 3.33. The number of hydrogen-bond donors (Lipinski definition) is 2. The number of benzene rings is 1. The van der Waals surface area contributed by atoms with Crippen molar-refractivity contribution in [3.8, 4) is 0 Å². The number of ether oxygens (including phenoxy) is 1. The molecule has 1 fully saturated rings. The van der Waals surface area contributed by atoms with Crippen molar-refractivity contribution in [3.05, 3.63) is 24.5 Å². The average Bonchev–Trinajstić information content (AvgIpc) is 2.62. The molecule has 0 radical (unpaired) electrons. The molecular weight excluding hydrogens is 356 g/mol. The molecule has 3 N–H and O–H groups in total. The molecule has 152 valence electrons. The number of anilines is 2. The zero-order valence-corrected chi connectivity index (χ0v) is 17.1. The number of carbonyl (C=O) groups excluding carboxylic acids is 1. The number of hydrogen-bond acceptors (Lipinski definition) is 7. The number of aromatic nitrogens is 2. The highest BCUT2D eigenvalue weighted by Gasteiger charge is 2.26. The van der Waals surface area contributed by atoms with E-state index in [0.29, 0.717) is 18.8 Å². The Balaban J connectivity index is 1.54. The van der Waals surface area contributed by atoms with Crippen LogP contribution in [0.1, 0.15) is 27.7 Å². The van der Waals surface area contributed by atoms with Crippen LogP contribution >= 0.6 is 0 Å². The van der Waals surface area contributed by atoms with Crippen LogP contribution in [0.4, 0.5) is 16.3 Å². The Labute approximate surface area is 166 Å². The van der Waals surface area contributed by atoms with Gasteiger partial charge in [-0.15, -0.1) is 0 Å². The number of nitrogens with zero attached hydrogens (tertiary/aromatic N) is 4. The SMILES string of the molecule is C[C@@H](CN1CCN(C(=O)OC(C)(C)C)CC1)Nc1ncnc2c(N)cccc12. The molecule has 0 bridgehead atoms. The number of nitrogen functional groups attached to an aromatic ring is 1. The molecule has 8 nitrogen and oxygen atoms in total. The number of nitrogens with one attached hydrogen (secondary N) is 1. The van der Waals surface area contributed by atoms with Gasteiger partial charge in [-0.1, -0.05) is 6.07 Å². The summed E-state index contributed by atoms with van der Waals surface area (Å²) in [7, 11) is 0. The maximum Gasteiger partial charge on any atom is 0.410 e. The largest absolute Gasteiger partial charge is 0.444 e. The maximum atomic E-state index is 12.2. The minimum atomic E-state index is -0.462. The predicted octanol–water partition coefficient (Wildman–Crippen LogP) is 2.57. The highest BCUT2D eigenvalue weighted by Crippen LogP contribution is 2.24. The summed E-state index contributed by atoms with van der Waals surface area (Å²) in [6.07, 6.45) is 1.30. The van der Waals surface area contributed by atoms with Crippen LogP contribution in [-0.4, -0.2) is 70.2 Å². The van der Waals surface area contributed by atoms with Crippen molar-refractivity contribution in [1.82, 2.24) is 19.8 Å². The molecule has 1 aromatic heterocycles. The third-order valence-corrected chi connectivity index (χ3v) is 4.64. The van der Waals surface area contributed by atoms with Gasteiger partial charge in [0.1, 0.15) is 17.7 Å². The van der Waals surface area contributed by atoms with Crippen molar-refractivity contribution in [2.45, 2.75) is 39.3 Å². The second-order valence-corrected chi connectivity index (χ2v) is 8.28. The van der Waals surface area contributed by atoms with Crippen LogP contribution in [0, 0.1) is 0 Å². The number of piperazine rings is 1. The van der Waals surface area contributed by atoms with E-state index in [4.69, 9.17) is 10.5 Å². The van der Waals surface area contributed by atoms with Gasteiger partial charge in [0, 0.05) is 44.2 Å². The van der Waals surface area contributed by atoms with E-state index in [1.807, 2.05) is 39.0 Å². The second kappa shape index (κ2) is 8.18. The molecule has 2 heterocycles. The van der Waals surface area contributed by atoms with Gasteiger partial charge in [-0.2, -0.15) is 0 Å². The molecule has 1 aliphatic heterocycles. The Morgan fingerprint density at radius 2 is 1.96 bits per heavy atom. The van der Waals surface area contributed by atoms with Gasteiger partial charge in [0.15, 0.2) is 0 Å². The van der Waals surface area contributed by atoms with E-state index >= 15 is 0 Å². The number of fused-ring (bicyclic) bond motifs is 1. The van der Waals surface area contributed by atoms with E-state index in [9.17, 15) is 4.79 Å². The van der Waals surface area contributed by atoms with Crippen LogP contribution in [0.15, 0.2) is 24.5 Å². The van der Waals surface area contributed by atoms with Crippen molar-refractivity contribution in [3.63, 3.8) is 0 Å². The first-order chi connectivity index (χ1) is 13.2. The quantitative estimate of drug-likeness (QED) is 0.780. The summed E-state index contributed by atoms with van der Waals surface area (Å²) in [5, 5.41) is 4.39.